The second-order valence-corrected chi connectivity index (χ2v) is 8.36. The van der Waals surface area contributed by atoms with Crippen molar-refractivity contribution >= 4 is 17.4 Å². The molecule has 1 aliphatic rings. The molecular weight excluding hydrogens is 407 g/mol. The van der Waals surface area contributed by atoms with Crippen LogP contribution in [0.4, 0.5) is 15.9 Å². The third-order valence-electron chi connectivity index (χ3n) is 6.02. The highest BCUT2D eigenvalue weighted by Gasteiger charge is 2.24. The molecule has 4 rings (SSSR count). The van der Waals surface area contributed by atoms with Crippen molar-refractivity contribution in [2.45, 2.75) is 26.3 Å². The van der Waals surface area contributed by atoms with E-state index in [4.69, 9.17) is 5.73 Å². The number of carbonyl (C=O) groups excluding carboxylic acids is 1. The van der Waals surface area contributed by atoms with E-state index < -0.39 is 5.82 Å². The Hall–Kier alpha value is -3.45. The first kappa shape index (κ1) is 21.8. The molecule has 7 heteroatoms. The average molecular weight is 435 g/mol. The summed E-state index contributed by atoms with van der Waals surface area (Å²) in [6.45, 7) is 5.12. The molecule has 32 heavy (non-hydrogen) atoms. The lowest BCUT2D eigenvalue weighted by molar-refractivity contribution is -0.114. The summed E-state index contributed by atoms with van der Waals surface area (Å²) in [5, 5.41) is 13.5. The van der Waals surface area contributed by atoms with Gasteiger partial charge in [-0.15, -0.1) is 0 Å². The lowest BCUT2D eigenvalue weighted by atomic mass is 9.94. The quantitative estimate of drug-likeness (QED) is 0.566. The zero-order valence-corrected chi connectivity index (χ0v) is 18.2. The van der Waals surface area contributed by atoms with Crippen LogP contribution in [-0.2, 0) is 4.79 Å². The van der Waals surface area contributed by atoms with Gasteiger partial charge >= 0.3 is 0 Å². The second-order valence-electron chi connectivity index (χ2n) is 8.36. The van der Waals surface area contributed by atoms with Gasteiger partial charge in [0.2, 0.25) is 5.91 Å². The van der Waals surface area contributed by atoms with Crippen molar-refractivity contribution < 1.29 is 14.3 Å². The van der Waals surface area contributed by atoms with E-state index in [0.717, 1.165) is 30.9 Å². The topological polar surface area (TPSA) is 91.5 Å². The summed E-state index contributed by atoms with van der Waals surface area (Å²) < 4.78 is 14.4. The van der Waals surface area contributed by atoms with Crippen LogP contribution >= 0.6 is 0 Å². The van der Waals surface area contributed by atoms with Gasteiger partial charge in [0, 0.05) is 43.4 Å². The number of pyridine rings is 1. The van der Waals surface area contributed by atoms with Crippen LogP contribution in [0.2, 0.25) is 0 Å². The van der Waals surface area contributed by atoms with Gasteiger partial charge in [0.05, 0.1) is 5.69 Å². The number of hydrogen-bond donors (Lipinski definition) is 3. The smallest absolute Gasteiger partial charge is 0.221 e. The molecule has 1 saturated heterocycles. The molecule has 0 saturated carbocycles. The number of phenolic OH excluding ortho intramolecular Hbond substituents is 1. The summed E-state index contributed by atoms with van der Waals surface area (Å²) in [7, 11) is 0. The largest absolute Gasteiger partial charge is 0.507 e. The van der Waals surface area contributed by atoms with Gasteiger partial charge in [0.25, 0.3) is 0 Å². The second kappa shape index (κ2) is 8.96. The molecule has 2 aromatic carbocycles. The lowest BCUT2D eigenvalue weighted by Gasteiger charge is -2.35. The number of benzene rings is 2. The fourth-order valence-electron chi connectivity index (χ4n) is 4.05. The van der Waals surface area contributed by atoms with Gasteiger partial charge in [-0.1, -0.05) is 31.2 Å². The van der Waals surface area contributed by atoms with E-state index in [2.05, 4.69) is 22.1 Å². The van der Waals surface area contributed by atoms with Gasteiger partial charge in [0.15, 0.2) is 0 Å². The van der Waals surface area contributed by atoms with Gasteiger partial charge in [0.1, 0.15) is 17.4 Å². The van der Waals surface area contributed by atoms with E-state index in [9.17, 15) is 14.3 Å². The number of nitrogens with two attached hydrogens (primary N) is 1. The number of para-hydroxylation sites is 1. The number of nitrogens with zero attached hydrogens (tertiary/aromatic N) is 2. The van der Waals surface area contributed by atoms with Crippen molar-refractivity contribution in [2.75, 3.05) is 23.3 Å². The maximum absolute atomic E-state index is 14.4. The molecule has 1 aliphatic heterocycles. The fourth-order valence-corrected chi connectivity index (χ4v) is 4.05. The number of hydrogen-bond acceptors (Lipinski definition) is 5. The molecule has 1 fully saturated rings. The van der Waals surface area contributed by atoms with E-state index in [0.29, 0.717) is 22.6 Å². The van der Waals surface area contributed by atoms with Crippen LogP contribution in [0.15, 0.2) is 54.7 Å². The molecular formula is C25H27FN4O2. The number of aromatic nitrogens is 1. The Bertz CT molecular complexity index is 1150. The van der Waals surface area contributed by atoms with Crippen LogP contribution < -0.4 is 16.0 Å². The highest BCUT2D eigenvalue weighted by Crippen LogP contribution is 2.39. The number of phenols is 1. The standard InChI is InChI=1S/C25H27FN4O2/c1-15-9-11-30(14-22(15)27)24-13-18(8-10-28-24)20-5-3-4-19(25(20)32)17-6-7-23(21(26)12-17)29-16(2)31/h3-8,10,12-13,15,22,32H,9,11,14,27H2,1-2H3,(H,29,31)/t15?,22-/m0/s1. The van der Waals surface area contributed by atoms with E-state index in [1.807, 2.05) is 24.3 Å². The molecule has 1 unspecified atom stereocenters. The van der Waals surface area contributed by atoms with Crippen molar-refractivity contribution in [3.63, 3.8) is 0 Å². The van der Waals surface area contributed by atoms with Crippen LogP contribution in [0.5, 0.6) is 5.75 Å². The highest BCUT2D eigenvalue weighted by atomic mass is 19.1. The van der Waals surface area contributed by atoms with Gasteiger partial charge < -0.3 is 21.1 Å². The number of carbonyl (C=O) groups is 1. The Kier molecular flexibility index (Phi) is 6.10. The van der Waals surface area contributed by atoms with E-state index >= 15 is 0 Å². The highest BCUT2D eigenvalue weighted by molar-refractivity contribution is 5.89. The molecule has 2 heterocycles. The van der Waals surface area contributed by atoms with E-state index in [1.165, 1.54) is 19.1 Å². The van der Waals surface area contributed by atoms with Crippen molar-refractivity contribution in [1.29, 1.82) is 0 Å². The summed E-state index contributed by atoms with van der Waals surface area (Å²) in [5.74, 6) is 0.441. The van der Waals surface area contributed by atoms with Crippen LogP contribution in [0.1, 0.15) is 20.3 Å². The average Bonchev–Trinajstić information content (AvgIpc) is 2.77. The fraction of sp³-hybridized carbons (Fsp3) is 0.280. The minimum atomic E-state index is -0.565. The summed E-state index contributed by atoms with van der Waals surface area (Å²) >= 11 is 0. The minimum absolute atomic E-state index is 0.0558. The van der Waals surface area contributed by atoms with Crippen LogP contribution in [0, 0.1) is 11.7 Å². The van der Waals surface area contributed by atoms with E-state index in [1.54, 1.807) is 18.3 Å². The zero-order chi connectivity index (χ0) is 22.8. The van der Waals surface area contributed by atoms with Gasteiger partial charge in [-0.05, 0) is 47.7 Å². The number of amides is 1. The maximum atomic E-state index is 14.4. The Labute approximate surface area is 186 Å². The monoisotopic (exact) mass is 434 g/mol. The van der Waals surface area contributed by atoms with Crippen LogP contribution in [0.3, 0.4) is 0 Å². The molecule has 6 nitrogen and oxygen atoms in total. The number of rotatable bonds is 4. The summed E-state index contributed by atoms with van der Waals surface area (Å²) in [6.07, 6.45) is 2.73. The predicted octanol–water partition coefficient (Wildman–Crippen LogP) is 4.39. The van der Waals surface area contributed by atoms with E-state index in [-0.39, 0.29) is 23.4 Å². The van der Waals surface area contributed by atoms with Gasteiger partial charge in [-0.3, -0.25) is 4.79 Å². The predicted molar refractivity (Wildman–Crippen MR) is 125 cm³/mol. The molecule has 1 amide bonds. The lowest BCUT2D eigenvalue weighted by Crippen LogP contribution is -2.47. The number of anilines is 2. The number of nitrogens with one attached hydrogen (secondary N) is 1. The van der Waals surface area contributed by atoms with Crippen molar-refractivity contribution in [1.82, 2.24) is 4.98 Å². The van der Waals surface area contributed by atoms with Crippen molar-refractivity contribution in [3.05, 3.63) is 60.5 Å². The first-order valence-corrected chi connectivity index (χ1v) is 10.7. The zero-order valence-electron chi connectivity index (χ0n) is 18.2. The number of piperidine rings is 1. The summed E-state index contributed by atoms with van der Waals surface area (Å²) in [5.41, 5.74) is 8.82. The first-order valence-electron chi connectivity index (χ1n) is 10.7. The number of aromatic hydroxyl groups is 1. The molecule has 2 atom stereocenters. The Morgan fingerprint density at radius 3 is 2.56 bits per heavy atom. The molecule has 4 N–H and O–H groups in total. The number of halogens is 1. The van der Waals surface area contributed by atoms with Crippen LogP contribution in [0.25, 0.3) is 22.3 Å². The third-order valence-corrected chi connectivity index (χ3v) is 6.02. The van der Waals surface area contributed by atoms with Gasteiger partial charge in [-0.2, -0.15) is 0 Å². The van der Waals surface area contributed by atoms with Crippen molar-refractivity contribution in [2.24, 2.45) is 11.7 Å². The molecule has 0 radical (unpaired) electrons. The summed E-state index contributed by atoms with van der Waals surface area (Å²) in [6, 6.07) is 13.7. The molecule has 0 aliphatic carbocycles. The minimum Gasteiger partial charge on any atom is -0.507 e. The normalized spacial score (nSPS) is 18.4. The molecule has 0 spiro atoms. The molecule has 1 aromatic heterocycles. The van der Waals surface area contributed by atoms with Crippen LogP contribution in [-0.4, -0.2) is 35.1 Å². The summed E-state index contributed by atoms with van der Waals surface area (Å²) in [4.78, 5) is 17.9. The Morgan fingerprint density at radius 1 is 1.19 bits per heavy atom. The third kappa shape index (κ3) is 4.43. The van der Waals surface area contributed by atoms with Crippen molar-refractivity contribution in [3.8, 4) is 28.0 Å². The SMILES string of the molecule is CC(=O)Nc1ccc(-c2cccc(-c3ccnc(N4CCC(C)[C@@H](N)C4)c3)c2O)cc1F. The molecule has 166 valence electrons. The Morgan fingerprint density at radius 2 is 1.91 bits per heavy atom. The molecule has 3 aromatic rings. The first-order chi connectivity index (χ1) is 15.3. The Balaban J connectivity index is 1.66. The maximum Gasteiger partial charge on any atom is 0.221 e. The van der Waals surface area contributed by atoms with Gasteiger partial charge in [-0.25, -0.2) is 9.37 Å². The molecule has 0 bridgehead atoms.